The summed E-state index contributed by atoms with van der Waals surface area (Å²) >= 11 is 0. The molecule has 2 atom stereocenters. The van der Waals surface area contributed by atoms with E-state index >= 15 is 0 Å². The van der Waals surface area contributed by atoms with Gasteiger partial charge in [-0.3, -0.25) is 4.79 Å². The monoisotopic (exact) mass is 246 g/mol. The maximum absolute atomic E-state index is 12.2. The standard InChI is InChI=1S/C15H22N2O/c1-3-6-12-7-4-5-8-14(12)17-15(18)13-9-10-16-11(13)2/h4-5,7-8,11,13,16H,3,6,9-10H2,1-2H3,(H,17,18). The molecule has 0 saturated carbocycles. The number of hydrogen-bond acceptors (Lipinski definition) is 2. The van der Waals surface area contributed by atoms with E-state index in [1.54, 1.807) is 0 Å². The van der Waals surface area contributed by atoms with Crippen molar-refractivity contribution in [3.8, 4) is 0 Å². The van der Waals surface area contributed by atoms with Crippen molar-refractivity contribution in [2.24, 2.45) is 5.92 Å². The third-order valence-electron chi connectivity index (χ3n) is 3.66. The van der Waals surface area contributed by atoms with Gasteiger partial charge in [-0.25, -0.2) is 0 Å². The molecule has 1 aromatic rings. The molecule has 1 fully saturated rings. The summed E-state index contributed by atoms with van der Waals surface area (Å²) in [7, 11) is 0. The van der Waals surface area contributed by atoms with Crippen molar-refractivity contribution < 1.29 is 4.79 Å². The number of carbonyl (C=O) groups is 1. The molecule has 0 radical (unpaired) electrons. The van der Waals surface area contributed by atoms with Crippen molar-refractivity contribution in [3.63, 3.8) is 0 Å². The van der Waals surface area contributed by atoms with Crippen LogP contribution in [-0.4, -0.2) is 18.5 Å². The molecule has 1 saturated heterocycles. The van der Waals surface area contributed by atoms with E-state index in [1.165, 1.54) is 5.56 Å². The molecule has 18 heavy (non-hydrogen) atoms. The molecular formula is C15H22N2O. The largest absolute Gasteiger partial charge is 0.326 e. The number of anilines is 1. The molecule has 1 aliphatic rings. The van der Waals surface area contributed by atoms with Crippen molar-refractivity contribution in [1.82, 2.24) is 5.32 Å². The molecule has 0 aromatic heterocycles. The predicted molar refractivity (Wildman–Crippen MR) is 74.6 cm³/mol. The minimum absolute atomic E-state index is 0.0969. The van der Waals surface area contributed by atoms with Crippen LogP contribution in [0.2, 0.25) is 0 Å². The minimum Gasteiger partial charge on any atom is -0.326 e. The Kier molecular flexibility index (Phi) is 4.37. The van der Waals surface area contributed by atoms with Crippen LogP contribution in [0.4, 0.5) is 5.69 Å². The maximum atomic E-state index is 12.2. The molecule has 3 nitrogen and oxygen atoms in total. The number of benzene rings is 1. The topological polar surface area (TPSA) is 41.1 Å². The van der Waals surface area contributed by atoms with Gasteiger partial charge >= 0.3 is 0 Å². The van der Waals surface area contributed by atoms with Crippen molar-refractivity contribution in [2.45, 2.75) is 39.2 Å². The zero-order chi connectivity index (χ0) is 13.0. The van der Waals surface area contributed by atoms with E-state index in [4.69, 9.17) is 0 Å². The molecule has 98 valence electrons. The third kappa shape index (κ3) is 2.91. The van der Waals surface area contributed by atoms with Crippen LogP contribution < -0.4 is 10.6 Å². The van der Waals surface area contributed by atoms with Crippen molar-refractivity contribution in [3.05, 3.63) is 29.8 Å². The van der Waals surface area contributed by atoms with E-state index in [1.807, 2.05) is 18.2 Å². The van der Waals surface area contributed by atoms with Crippen LogP contribution in [0, 0.1) is 5.92 Å². The number of aryl methyl sites for hydroxylation is 1. The van der Waals surface area contributed by atoms with Crippen LogP contribution in [0.25, 0.3) is 0 Å². The molecule has 1 heterocycles. The average Bonchev–Trinajstić information content (AvgIpc) is 2.78. The van der Waals surface area contributed by atoms with Crippen LogP contribution in [0.3, 0.4) is 0 Å². The van der Waals surface area contributed by atoms with Gasteiger partial charge in [-0.1, -0.05) is 31.5 Å². The van der Waals surface area contributed by atoms with Crippen molar-refractivity contribution >= 4 is 11.6 Å². The smallest absolute Gasteiger partial charge is 0.229 e. The fraction of sp³-hybridized carbons (Fsp3) is 0.533. The quantitative estimate of drug-likeness (QED) is 0.857. The lowest BCUT2D eigenvalue weighted by Crippen LogP contribution is -2.32. The third-order valence-corrected chi connectivity index (χ3v) is 3.66. The van der Waals surface area contributed by atoms with Gasteiger partial charge < -0.3 is 10.6 Å². The summed E-state index contributed by atoms with van der Waals surface area (Å²) < 4.78 is 0. The van der Waals surface area contributed by atoms with E-state index < -0.39 is 0 Å². The summed E-state index contributed by atoms with van der Waals surface area (Å²) in [5.41, 5.74) is 2.20. The Hall–Kier alpha value is -1.35. The van der Waals surface area contributed by atoms with Crippen LogP contribution in [0.5, 0.6) is 0 Å². The predicted octanol–water partition coefficient (Wildman–Crippen LogP) is 2.58. The SMILES string of the molecule is CCCc1ccccc1NC(=O)C1CCNC1C. The Bertz CT molecular complexity index is 417. The molecule has 2 unspecified atom stereocenters. The maximum Gasteiger partial charge on any atom is 0.229 e. The lowest BCUT2D eigenvalue weighted by atomic mass is 10.0. The van der Waals surface area contributed by atoms with Gasteiger partial charge in [0.2, 0.25) is 5.91 Å². The molecule has 1 aliphatic heterocycles. The van der Waals surface area contributed by atoms with Gasteiger partial charge in [0.25, 0.3) is 0 Å². The van der Waals surface area contributed by atoms with Gasteiger partial charge in [-0.05, 0) is 37.9 Å². The lowest BCUT2D eigenvalue weighted by molar-refractivity contribution is -0.120. The Morgan fingerprint density at radius 2 is 2.22 bits per heavy atom. The van der Waals surface area contributed by atoms with E-state index in [0.717, 1.165) is 31.5 Å². The molecule has 1 aromatic carbocycles. The molecule has 0 bridgehead atoms. The van der Waals surface area contributed by atoms with Gasteiger partial charge in [-0.2, -0.15) is 0 Å². The van der Waals surface area contributed by atoms with Crippen LogP contribution in [0.15, 0.2) is 24.3 Å². The fourth-order valence-electron chi connectivity index (χ4n) is 2.57. The Morgan fingerprint density at radius 1 is 1.44 bits per heavy atom. The second-order valence-electron chi connectivity index (χ2n) is 5.03. The van der Waals surface area contributed by atoms with Crippen LogP contribution in [0.1, 0.15) is 32.3 Å². The summed E-state index contributed by atoms with van der Waals surface area (Å²) in [5.74, 6) is 0.246. The number of carbonyl (C=O) groups excluding carboxylic acids is 1. The zero-order valence-electron chi connectivity index (χ0n) is 11.2. The first-order valence-electron chi connectivity index (χ1n) is 6.84. The molecule has 2 N–H and O–H groups in total. The highest BCUT2D eigenvalue weighted by atomic mass is 16.1. The normalized spacial score (nSPS) is 23.0. The second kappa shape index (κ2) is 6.01. The number of amides is 1. The highest BCUT2D eigenvalue weighted by Crippen LogP contribution is 2.21. The van der Waals surface area contributed by atoms with E-state index in [2.05, 4.69) is 30.5 Å². The molecule has 0 aliphatic carbocycles. The van der Waals surface area contributed by atoms with Crippen molar-refractivity contribution in [2.75, 3.05) is 11.9 Å². The zero-order valence-corrected chi connectivity index (χ0v) is 11.2. The first-order chi connectivity index (χ1) is 8.72. The van der Waals surface area contributed by atoms with Crippen molar-refractivity contribution in [1.29, 1.82) is 0 Å². The minimum atomic E-state index is 0.0969. The Morgan fingerprint density at radius 3 is 2.89 bits per heavy atom. The molecular weight excluding hydrogens is 224 g/mol. The van der Waals surface area contributed by atoms with Crippen LogP contribution >= 0.6 is 0 Å². The van der Waals surface area contributed by atoms with Gasteiger partial charge in [0.15, 0.2) is 0 Å². The highest BCUT2D eigenvalue weighted by Gasteiger charge is 2.29. The number of rotatable bonds is 4. The Balaban J connectivity index is 2.06. The number of hydrogen-bond donors (Lipinski definition) is 2. The second-order valence-corrected chi connectivity index (χ2v) is 5.03. The highest BCUT2D eigenvalue weighted by molar-refractivity contribution is 5.93. The summed E-state index contributed by atoms with van der Waals surface area (Å²) in [6, 6.07) is 8.37. The van der Waals surface area contributed by atoms with Gasteiger partial charge in [-0.15, -0.1) is 0 Å². The van der Waals surface area contributed by atoms with E-state index in [-0.39, 0.29) is 17.9 Å². The number of nitrogens with one attached hydrogen (secondary N) is 2. The Labute approximate surface area is 109 Å². The first kappa shape index (κ1) is 13.1. The van der Waals surface area contributed by atoms with E-state index in [0.29, 0.717) is 0 Å². The molecule has 1 amide bonds. The summed E-state index contributed by atoms with van der Waals surface area (Å²) in [6.45, 7) is 5.17. The fourth-order valence-corrected chi connectivity index (χ4v) is 2.57. The summed E-state index contributed by atoms with van der Waals surface area (Å²) in [4.78, 5) is 12.2. The van der Waals surface area contributed by atoms with E-state index in [9.17, 15) is 4.79 Å². The molecule has 2 rings (SSSR count). The number of para-hydroxylation sites is 1. The van der Waals surface area contributed by atoms with Gasteiger partial charge in [0.1, 0.15) is 0 Å². The van der Waals surface area contributed by atoms with Gasteiger partial charge in [0.05, 0.1) is 5.92 Å². The summed E-state index contributed by atoms with van der Waals surface area (Å²) in [5, 5.41) is 6.40. The molecule has 0 spiro atoms. The average molecular weight is 246 g/mol. The summed E-state index contributed by atoms with van der Waals surface area (Å²) in [6.07, 6.45) is 3.03. The molecule has 3 heteroatoms. The van der Waals surface area contributed by atoms with Gasteiger partial charge in [0, 0.05) is 11.7 Å². The van der Waals surface area contributed by atoms with Crippen LogP contribution in [-0.2, 0) is 11.2 Å². The lowest BCUT2D eigenvalue weighted by Gasteiger charge is -2.16. The first-order valence-corrected chi connectivity index (χ1v) is 6.84.